The Balaban J connectivity index is 0.00000182. The molecule has 0 amide bonds. The predicted octanol–water partition coefficient (Wildman–Crippen LogP) is -0.172. The van der Waals surface area contributed by atoms with Crippen molar-refractivity contribution in [3.63, 3.8) is 0 Å². The SMILES string of the molecule is COc1ccc2c(c1)CC[N+]1=Cc3cc(OC)c(OC)cc3NC21.[Cl-]. The molecule has 0 aromatic heterocycles. The van der Waals surface area contributed by atoms with Crippen molar-refractivity contribution in [3.05, 3.63) is 47.0 Å². The van der Waals surface area contributed by atoms with Crippen molar-refractivity contribution in [2.75, 3.05) is 33.2 Å². The van der Waals surface area contributed by atoms with Crippen LogP contribution in [0.5, 0.6) is 17.2 Å². The molecule has 0 saturated carbocycles. The van der Waals surface area contributed by atoms with Crippen LogP contribution in [0.2, 0.25) is 0 Å². The van der Waals surface area contributed by atoms with Gasteiger partial charge < -0.3 is 31.9 Å². The summed E-state index contributed by atoms with van der Waals surface area (Å²) in [7, 11) is 5.03. The van der Waals surface area contributed by atoms with Gasteiger partial charge in [-0.15, -0.1) is 0 Å². The molecule has 1 unspecified atom stereocenters. The van der Waals surface area contributed by atoms with Crippen molar-refractivity contribution < 1.29 is 31.2 Å². The number of halogens is 1. The van der Waals surface area contributed by atoms with Crippen LogP contribution < -0.4 is 31.9 Å². The topological polar surface area (TPSA) is 42.7 Å². The highest BCUT2D eigenvalue weighted by atomic mass is 35.5. The van der Waals surface area contributed by atoms with E-state index in [0.29, 0.717) is 0 Å². The van der Waals surface area contributed by atoms with Gasteiger partial charge in [-0.1, -0.05) is 0 Å². The van der Waals surface area contributed by atoms with Gasteiger partial charge >= 0.3 is 0 Å². The molecular weight excluding hydrogens is 340 g/mol. The number of hydrogen-bond donors (Lipinski definition) is 1. The molecule has 2 aliphatic heterocycles. The van der Waals surface area contributed by atoms with E-state index in [2.05, 4.69) is 28.2 Å². The summed E-state index contributed by atoms with van der Waals surface area (Å²) >= 11 is 0. The summed E-state index contributed by atoms with van der Waals surface area (Å²) < 4.78 is 18.5. The van der Waals surface area contributed by atoms with Crippen molar-refractivity contribution in [1.82, 2.24) is 0 Å². The molecule has 25 heavy (non-hydrogen) atoms. The number of methoxy groups -OCH3 is 3. The molecule has 2 aromatic rings. The number of anilines is 1. The van der Waals surface area contributed by atoms with Crippen molar-refractivity contribution in [3.8, 4) is 17.2 Å². The smallest absolute Gasteiger partial charge is 0.252 e. The number of nitrogens with zero attached hydrogens (tertiary/aromatic N) is 1. The highest BCUT2D eigenvalue weighted by Gasteiger charge is 2.34. The lowest BCUT2D eigenvalue weighted by Gasteiger charge is -2.29. The minimum Gasteiger partial charge on any atom is -1.00 e. The Morgan fingerprint density at radius 3 is 2.48 bits per heavy atom. The van der Waals surface area contributed by atoms with E-state index in [1.807, 2.05) is 18.2 Å². The zero-order valence-corrected chi connectivity index (χ0v) is 15.3. The largest absolute Gasteiger partial charge is 1.00 e. The second kappa shape index (κ2) is 6.84. The Hall–Kier alpha value is -2.40. The molecule has 0 radical (unpaired) electrons. The molecule has 1 N–H and O–H groups in total. The van der Waals surface area contributed by atoms with Gasteiger partial charge in [0.05, 0.1) is 32.6 Å². The van der Waals surface area contributed by atoms with Gasteiger partial charge in [0.15, 0.2) is 17.7 Å². The van der Waals surface area contributed by atoms with Crippen LogP contribution in [0, 0.1) is 0 Å². The molecule has 0 saturated heterocycles. The second-order valence-corrected chi connectivity index (χ2v) is 6.02. The molecule has 0 fully saturated rings. The third kappa shape index (κ3) is 2.89. The molecule has 2 heterocycles. The van der Waals surface area contributed by atoms with Crippen molar-refractivity contribution in [1.29, 1.82) is 0 Å². The van der Waals surface area contributed by atoms with Crippen LogP contribution in [0.1, 0.15) is 22.9 Å². The first-order valence-electron chi connectivity index (χ1n) is 8.03. The fraction of sp³-hybridized carbons (Fsp3) is 0.316. The van der Waals surface area contributed by atoms with Crippen LogP contribution in [0.25, 0.3) is 0 Å². The molecule has 1 atom stereocenters. The fourth-order valence-electron chi connectivity index (χ4n) is 3.50. The summed E-state index contributed by atoms with van der Waals surface area (Å²) in [5.41, 5.74) is 4.79. The maximum Gasteiger partial charge on any atom is 0.252 e. The Morgan fingerprint density at radius 1 is 1.00 bits per heavy atom. The van der Waals surface area contributed by atoms with Crippen molar-refractivity contribution >= 4 is 11.9 Å². The molecular formula is C19H21ClN2O3. The highest BCUT2D eigenvalue weighted by Crippen LogP contribution is 2.38. The van der Waals surface area contributed by atoms with E-state index in [0.717, 1.165) is 41.5 Å². The molecule has 4 rings (SSSR count). The van der Waals surface area contributed by atoms with Crippen LogP contribution >= 0.6 is 0 Å². The Kier molecular flexibility index (Phi) is 4.77. The first-order valence-corrected chi connectivity index (χ1v) is 8.03. The number of fused-ring (bicyclic) bond motifs is 4. The van der Waals surface area contributed by atoms with Crippen LogP contribution in [-0.4, -0.2) is 38.7 Å². The minimum atomic E-state index is 0. The van der Waals surface area contributed by atoms with E-state index in [1.54, 1.807) is 21.3 Å². The lowest BCUT2D eigenvalue weighted by Crippen LogP contribution is -3.00. The molecule has 6 heteroatoms. The fourth-order valence-corrected chi connectivity index (χ4v) is 3.50. The Morgan fingerprint density at radius 2 is 1.76 bits per heavy atom. The summed E-state index contributed by atoms with van der Waals surface area (Å²) in [6.45, 7) is 0.964. The van der Waals surface area contributed by atoms with Crippen LogP contribution in [0.4, 0.5) is 5.69 Å². The molecule has 5 nitrogen and oxygen atoms in total. The summed E-state index contributed by atoms with van der Waals surface area (Å²) in [6, 6.07) is 10.3. The van der Waals surface area contributed by atoms with E-state index in [9.17, 15) is 0 Å². The molecule has 2 aromatic carbocycles. The number of nitrogens with one attached hydrogen (secondary N) is 1. The average molecular weight is 361 g/mol. The predicted molar refractivity (Wildman–Crippen MR) is 92.9 cm³/mol. The van der Waals surface area contributed by atoms with Gasteiger partial charge in [0, 0.05) is 18.1 Å². The van der Waals surface area contributed by atoms with E-state index >= 15 is 0 Å². The van der Waals surface area contributed by atoms with Crippen LogP contribution in [0.3, 0.4) is 0 Å². The Labute approximate surface area is 153 Å². The van der Waals surface area contributed by atoms with E-state index in [-0.39, 0.29) is 18.6 Å². The standard InChI is InChI=1S/C19H20N2O3.ClH/c1-22-14-4-5-15-12(8-14)6-7-21-11-13-9-17(23-2)18(24-3)10-16(13)20-19(15)21;/h4-5,8-11,19H,6-7H2,1-3H3;1H. The maximum absolute atomic E-state index is 5.43. The van der Waals surface area contributed by atoms with Gasteiger partial charge in [-0.3, -0.25) is 0 Å². The molecule has 0 aliphatic carbocycles. The highest BCUT2D eigenvalue weighted by molar-refractivity contribution is 5.88. The van der Waals surface area contributed by atoms with Crippen molar-refractivity contribution in [2.24, 2.45) is 0 Å². The van der Waals surface area contributed by atoms with E-state index < -0.39 is 0 Å². The van der Waals surface area contributed by atoms with Gasteiger partial charge in [0.1, 0.15) is 12.3 Å². The number of benzene rings is 2. The third-order valence-electron chi connectivity index (χ3n) is 4.77. The summed E-state index contributed by atoms with van der Waals surface area (Å²) in [6.07, 6.45) is 3.33. The van der Waals surface area contributed by atoms with Gasteiger partial charge in [-0.25, -0.2) is 4.58 Å². The molecule has 2 aliphatic rings. The van der Waals surface area contributed by atoms with Gasteiger partial charge in [0.25, 0.3) is 6.17 Å². The number of hydrogen-bond acceptors (Lipinski definition) is 4. The molecule has 0 bridgehead atoms. The van der Waals surface area contributed by atoms with E-state index in [1.165, 1.54) is 11.1 Å². The average Bonchev–Trinajstić information content (AvgIpc) is 2.64. The maximum atomic E-state index is 5.43. The zero-order valence-electron chi connectivity index (χ0n) is 14.5. The quantitative estimate of drug-likeness (QED) is 0.772. The Bertz CT molecular complexity index is 836. The van der Waals surface area contributed by atoms with Gasteiger partial charge in [-0.2, -0.15) is 0 Å². The lowest BCUT2D eigenvalue weighted by atomic mass is 9.95. The lowest BCUT2D eigenvalue weighted by molar-refractivity contribution is -0.566. The monoisotopic (exact) mass is 360 g/mol. The number of ether oxygens (including phenoxy) is 3. The normalized spacial score (nSPS) is 16.9. The molecule has 132 valence electrons. The third-order valence-corrected chi connectivity index (χ3v) is 4.77. The molecule has 0 spiro atoms. The summed E-state index contributed by atoms with van der Waals surface area (Å²) in [5, 5.41) is 3.64. The van der Waals surface area contributed by atoms with Crippen LogP contribution in [-0.2, 0) is 6.42 Å². The first kappa shape index (κ1) is 17.4. The first-order chi connectivity index (χ1) is 11.7. The second-order valence-electron chi connectivity index (χ2n) is 6.02. The zero-order chi connectivity index (χ0) is 16.7. The van der Waals surface area contributed by atoms with Crippen LogP contribution in [0.15, 0.2) is 30.3 Å². The van der Waals surface area contributed by atoms with Crippen molar-refractivity contribution in [2.45, 2.75) is 12.6 Å². The number of rotatable bonds is 3. The van der Waals surface area contributed by atoms with Gasteiger partial charge in [-0.05, 0) is 29.8 Å². The minimum absolute atomic E-state index is 0. The van der Waals surface area contributed by atoms with E-state index in [4.69, 9.17) is 14.2 Å². The summed E-state index contributed by atoms with van der Waals surface area (Å²) in [4.78, 5) is 0. The summed E-state index contributed by atoms with van der Waals surface area (Å²) in [5.74, 6) is 2.39. The van der Waals surface area contributed by atoms with Gasteiger partial charge in [0.2, 0.25) is 0 Å².